The van der Waals surface area contributed by atoms with Crippen molar-refractivity contribution in [2.45, 2.75) is 39.0 Å². The second-order valence-corrected chi connectivity index (χ2v) is 5.84. The molecule has 1 aromatic rings. The molecule has 1 heterocycles. The quantitative estimate of drug-likeness (QED) is 0.563. The van der Waals surface area contributed by atoms with E-state index in [1.165, 1.54) is 0 Å². The number of para-hydroxylation sites is 1. The Morgan fingerprint density at radius 2 is 2.08 bits per heavy atom. The van der Waals surface area contributed by atoms with Crippen molar-refractivity contribution in [2.24, 2.45) is 5.92 Å². The van der Waals surface area contributed by atoms with Gasteiger partial charge in [-0.05, 0) is 37.8 Å². The molecule has 0 radical (unpaired) electrons. The van der Waals surface area contributed by atoms with Gasteiger partial charge in [-0.2, -0.15) is 0 Å². The van der Waals surface area contributed by atoms with Crippen molar-refractivity contribution in [2.75, 3.05) is 18.5 Å². The van der Waals surface area contributed by atoms with Crippen LogP contribution in [-0.4, -0.2) is 30.9 Å². The van der Waals surface area contributed by atoms with Gasteiger partial charge in [-0.25, -0.2) is 0 Å². The van der Waals surface area contributed by atoms with Crippen LogP contribution >= 0.6 is 0 Å². The van der Waals surface area contributed by atoms with Crippen molar-refractivity contribution in [3.63, 3.8) is 0 Å². The number of nitrogens with one attached hydrogen (secondary N) is 2. The van der Waals surface area contributed by atoms with Crippen molar-refractivity contribution in [1.82, 2.24) is 5.32 Å². The number of hydrogen-bond acceptors (Lipinski definition) is 4. The molecule has 0 saturated carbocycles. The number of benzene rings is 1. The van der Waals surface area contributed by atoms with Crippen LogP contribution in [0, 0.1) is 5.92 Å². The van der Waals surface area contributed by atoms with Crippen molar-refractivity contribution in [1.29, 1.82) is 0 Å². The summed E-state index contributed by atoms with van der Waals surface area (Å²) in [5.74, 6) is -0.538. The fourth-order valence-electron chi connectivity index (χ4n) is 2.73. The molecule has 0 aromatic heterocycles. The zero-order valence-electron chi connectivity index (χ0n) is 14.0. The monoisotopic (exact) mass is 332 g/mol. The Kier molecular flexibility index (Phi) is 6.78. The molecular weight excluding hydrogens is 308 g/mol. The molecule has 1 aromatic carbocycles. The normalized spacial score (nSPS) is 16.0. The number of carbonyl (C=O) groups is 3. The Morgan fingerprint density at radius 1 is 1.29 bits per heavy atom. The minimum Gasteiger partial charge on any atom is -0.466 e. The number of hydrogen-bond donors (Lipinski definition) is 2. The number of anilines is 1. The lowest BCUT2D eigenvalue weighted by Crippen LogP contribution is -2.32. The molecule has 0 spiro atoms. The average Bonchev–Trinajstić information content (AvgIpc) is 2.57. The second kappa shape index (κ2) is 9.05. The molecule has 0 fully saturated rings. The highest BCUT2D eigenvalue weighted by Crippen LogP contribution is 2.27. The number of esters is 1. The third-order valence-electron chi connectivity index (χ3n) is 4.02. The van der Waals surface area contributed by atoms with Crippen LogP contribution in [0.4, 0.5) is 5.69 Å². The first kappa shape index (κ1) is 18.0. The van der Waals surface area contributed by atoms with E-state index in [-0.39, 0.29) is 23.7 Å². The van der Waals surface area contributed by atoms with Crippen LogP contribution in [-0.2, 0) is 25.5 Å². The van der Waals surface area contributed by atoms with Gasteiger partial charge in [-0.3, -0.25) is 14.4 Å². The predicted octanol–water partition coefficient (Wildman–Crippen LogP) is 2.04. The molecule has 1 unspecified atom stereocenters. The van der Waals surface area contributed by atoms with Crippen LogP contribution in [0.3, 0.4) is 0 Å². The lowest BCUT2D eigenvalue weighted by atomic mass is 9.89. The van der Waals surface area contributed by atoms with E-state index in [1.807, 2.05) is 24.3 Å². The van der Waals surface area contributed by atoms with E-state index in [2.05, 4.69) is 10.6 Å². The molecule has 24 heavy (non-hydrogen) atoms. The highest BCUT2D eigenvalue weighted by atomic mass is 16.5. The maximum absolute atomic E-state index is 12.1. The van der Waals surface area contributed by atoms with Gasteiger partial charge in [-0.15, -0.1) is 0 Å². The van der Waals surface area contributed by atoms with Gasteiger partial charge in [-0.1, -0.05) is 18.2 Å². The Labute approximate surface area is 142 Å². The second-order valence-electron chi connectivity index (χ2n) is 5.84. The Balaban J connectivity index is 1.67. The first-order valence-electron chi connectivity index (χ1n) is 8.41. The summed E-state index contributed by atoms with van der Waals surface area (Å²) in [6, 6.07) is 7.73. The van der Waals surface area contributed by atoms with Gasteiger partial charge < -0.3 is 15.4 Å². The van der Waals surface area contributed by atoms with Crippen LogP contribution in [0.25, 0.3) is 0 Å². The molecule has 6 nitrogen and oxygen atoms in total. The fraction of sp³-hybridized carbons (Fsp3) is 0.500. The highest BCUT2D eigenvalue weighted by molar-refractivity contribution is 5.96. The lowest BCUT2D eigenvalue weighted by Gasteiger charge is -2.24. The van der Waals surface area contributed by atoms with E-state index in [1.54, 1.807) is 6.92 Å². The first-order chi connectivity index (χ1) is 11.6. The van der Waals surface area contributed by atoms with Gasteiger partial charge in [0.25, 0.3) is 0 Å². The van der Waals surface area contributed by atoms with Gasteiger partial charge in [0.1, 0.15) is 0 Å². The lowest BCUT2D eigenvalue weighted by molar-refractivity contribution is -0.143. The van der Waals surface area contributed by atoms with Crippen LogP contribution in [0.15, 0.2) is 24.3 Å². The van der Waals surface area contributed by atoms with E-state index in [0.29, 0.717) is 45.3 Å². The third kappa shape index (κ3) is 5.37. The summed E-state index contributed by atoms with van der Waals surface area (Å²) in [5.41, 5.74) is 1.97. The number of ether oxygens (including phenoxy) is 1. The SMILES string of the molecule is CCOC(=O)CCCNC(=O)CCC1Cc2ccccc2NC1=O. The molecule has 1 aliphatic rings. The van der Waals surface area contributed by atoms with Gasteiger partial charge in [0, 0.05) is 31.0 Å². The van der Waals surface area contributed by atoms with E-state index in [4.69, 9.17) is 4.74 Å². The van der Waals surface area contributed by atoms with Crippen LogP contribution < -0.4 is 10.6 Å². The predicted molar refractivity (Wildman–Crippen MR) is 90.4 cm³/mol. The maximum atomic E-state index is 12.1. The average molecular weight is 332 g/mol. The minimum atomic E-state index is -0.246. The molecule has 0 aliphatic carbocycles. The molecule has 0 saturated heterocycles. The van der Waals surface area contributed by atoms with Crippen LogP contribution in [0.1, 0.15) is 38.2 Å². The van der Waals surface area contributed by atoms with Crippen molar-refractivity contribution < 1.29 is 19.1 Å². The largest absolute Gasteiger partial charge is 0.466 e. The van der Waals surface area contributed by atoms with Crippen molar-refractivity contribution in [3.8, 4) is 0 Å². The summed E-state index contributed by atoms with van der Waals surface area (Å²) < 4.78 is 4.82. The third-order valence-corrected chi connectivity index (χ3v) is 4.02. The Bertz CT molecular complexity index is 600. The maximum Gasteiger partial charge on any atom is 0.305 e. The van der Waals surface area contributed by atoms with Crippen LogP contribution in [0.5, 0.6) is 0 Å². The van der Waals surface area contributed by atoms with Gasteiger partial charge in [0.15, 0.2) is 0 Å². The fourth-order valence-corrected chi connectivity index (χ4v) is 2.73. The summed E-state index contributed by atoms with van der Waals surface area (Å²) in [4.78, 5) is 35.1. The summed E-state index contributed by atoms with van der Waals surface area (Å²) in [5, 5.41) is 5.66. The van der Waals surface area contributed by atoms with Gasteiger partial charge >= 0.3 is 5.97 Å². The van der Waals surface area contributed by atoms with Crippen LogP contribution in [0.2, 0.25) is 0 Å². The molecule has 130 valence electrons. The van der Waals surface area contributed by atoms with E-state index >= 15 is 0 Å². The van der Waals surface area contributed by atoms with Crippen molar-refractivity contribution >= 4 is 23.5 Å². The van der Waals surface area contributed by atoms with Crippen molar-refractivity contribution in [3.05, 3.63) is 29.8 Å². The summed E-state index contributed by atoms with van der Waals surface area (Å²) in [7, 11) is 0. The summed E-state index contributed by atoms with van der Waals surface area (Å²) in [6.07, 6.45) is 2.35. The number of fused-ring (bicyclic) bond motifs is 1. The molecule has 2 rings (SSSR count). The Hall–Kier alpha value is -2.37. The summed E-state index contributed by atoms with van der Waals surface area (Å²) in [6.45, 7) is 2.58. The molecule has 1 atom stereocenters. The number of amides is 2. The molecule has 2 N–H and O–H groups in total. The topological polar surface area (TPSA) is 84.5 Å². The number of rotatable bonds is 8. The Morgan fingerprint density at radius 3 is 2.88 bits per heavy atom. The molecule has 6 heteroatoms. The molecular formula is C18H24N2O4. The van der Waals surface area contributed by atoms with Gasteiger partial charge in [0.2, 0.25) is 11.8 Å². The standard InChI is InChI=1S/C18H24N2O4/c1-2-24-17(22)8-5-11-19-16(21)10-9-14-12-13-6-3-4-7-15(13)20-18(14)23/h3-4,6-7,14H,2,5,8-12H2,1H3,(H,19,21)(H,20,23). The zero-order valence-corrected chi connectivity index (χ0v) is 14.0. The van der Waals surface area contributed by atoms with Gasteiger partial charge in [0.05, 0.1) is 6.61 Å². The smallest absolute Gasteiger partial charge is 0.305 e. The minimum absolute atomic E-state index is 0.0242. The zero-order chi connectivity index (χ0) is 17.4. The highest BCUT2D eigenvalue weighted by Gasteiger charge is 2.26. The van der Waals surface area contributed by atoms with E-state index < -0.39 is 0 Å². The molecule has 1 aliphatic heterocycles. The van der Waals surface area contributed by atoms with E-state index in [9.17, 15) is 14.4 Å². The molecule has 0 bridgehead atoms. The molecule has 2 amide bonds. The number of carbonyl (C=O) groups excluding carboxylic acids is 3. The van der Waals surface area contributed by atoms with E-state index in [0.717, 1.165) is 11.3 Å². The summed E-state index contributed by atoms with van der Waals surface area (Å²) >= 11 is 0. The first-order valence-corrected chi connectivity index (χ1v) is 8.41.